The monoisotopic (exact) mass is 136 g/mol. The molecule has 0 spiro atoms. The fourth-order valence-corrected chi connectivity index (χ4v) is 2.78. The van der Waals surface area contributed by atoms with Crippen molar-refractivity contribution >= 4 is 8.80 Å². The van der Waals surface area contributed by atoms with Crippen LogP contribution in [0, 0.1) is 0 Å². The first-order valence-electron chi connectivity index (χ1n) is 3.32. The normalized spacial score (nSPS) is 19.6. The standard InChI is InChI=1S/C8H12Si/c1-3-8(2)9-6-4-5-7-9/h3-7,9H,1-2H3/b8-3+. The third-order valence-corrected chi connectivity index (χ3v) is 4.39. The third-order valence-electron chi connectivity index (χ3n) is 1.73. The highest BCUT2D eigenvalue weighted by Crippen LogP contribution is 2.07. The summed E-state index contributed by atoms with van der Waals surface area (Å²) >= 11 is 0. The van der Waals surface area contributed by atoms with Crippen molar-refractivity contribution in [2.24, 2.45) is 0 Å². The van der Waals surface area contributed by atoms with Gasteiger partial charge in [0.1, 0.15) is 8.80 Å². The van der Waals surface area contributed by atoms with E-state index < -0.39 is 8.80 Å². The molecule has 1 heterocycles. The Hall–Kier alpha value is -0.563. The average Bonchev–Trinajstić information content (AvgIpc) is 2.37. The fourth-order valence-electron chi connectivity index (χ4n) is 0.928. The van der Waals surface area contributed by atoms with Crippen LogP contribution in [0.4, 0.5) is 0 Å². The zero-order valence-corrected chi connectivity index (χ0v) is 7.12. The average molecular weight is 136 g/mol. The number of hydrogen-bond donors (Lipinski definition) is 0. The first-order valence-corrected chi connectivity index (χ1v) is 5.23. The second-order valence-corrected chi connectivity index (χ2v) is 5.06. The summed E-state index contributed by atoms with van der Waals surface area (Å²) in [4.78, 5) is 0. The van der Waals surface area contributed by atoms with Gasteiger partial charge in [-0.2, -0.15) is 0 Å². The summed E-state index contributed by atoms with van der Waals surface area (Å²) < 4.78 is 0. The lowest BCUT2D eigenvalue weighted by molar-refractivity contribution is 1.56. The van der Waals surface area contributed by atoms with E-state index in [2.05, 4.69) is 43.5 Å². The molecule has 48 valence electrons. The molecule has 1 aliphatic heterocycles. The Bertz CT molecular complexity index is 163. The Labute approximate surface area is 58.2 Å². The maximum Gasteiger partial charge on any atom is 0.112 e. The van der Waals surface area contributed by atoms with Gasteiger partial charge in [0.05, 0.1) is 0 Å². The Kier molecular flexibility index (Phi) is 2.06. The molecule has 0 amide bonds. The van der Waals surface area contributed by atoms with Gasteiger partial charge in [0.2, 0.25) is 0 Å². The summed E-state index contributed by atoms with van der Waals surface area (Å²) in [6.45, 7) is 4.33. The van der Waals surface area contributed by atoms with Crippen LogP contribution >= 0.6 is 0 Å². The summed E-state index contributed by atoms with van der Waals surface area (Å²) in [5.41, 5.74) is 4.69. The van der Waals surface area contributed by atoms with E-state index in [1.807, 2.05) is 0 Å². The molecule has 0 atom stereocenters. The Morgan fingerprint density at radius 1 is 1.33 bits per heavy atom. The SMILES string of the molecule is C/C=C(\C)[SiH]1C=CC=C1. The first kappa shape index (κ1) is 6.56. The van der Waals surface area contributed by atoms with Crippen LogP contribution in [-0.2, 0) is 0 Å². The minimum Gasteiger partial charge on any atom is -0.0922 e. The van der Waals surface area contributed by atoms with Gasteiger partial charge in [-0.15, -0.1) is 0 Å². The highest BCUT2D eigenvalue weighted by Gasteiger charge is 2.05. The Balaban J connectivity index is 2.64. The molecule has 0 aromatic heterocycles. The van der Waals surface area contributed by atoms with Crippen molar-refractivity contribution in [3.05, 3.63) is 34.8 Å². The van der Waals surface area contributed by atoms with Gasteiger partial charge in [0.25, 0.3) is 0 Å². The molecule has 0 aliphatic carbocycles. The number of allylic oxidation sites excluding steroid dienone is 4. The molecule has 0 bridgehead atoms. The van der Waals surface area contributed by atoms with Crippen molar-refractivity contribution in [3.63, 3.8) is 0 Å². The van der Waals surface area contributed by atoms with E-state index in [9.17, 15) is 0 Å². The van der Waals surface area contributed by atoms with Gasteiger partial charge < -0.3 is 0 Å². The van der Waals surface area contributed by atoms with Crippen LogP contribution in [0.25, 0.3) is 0 Å². The van der Waals surface area contributed by atoms with Crippen molar-refractivity contribution in [3.8, 4) is 0 Å². The van der Waals surface area contributed by atoms with Crippen molar-refractivity contribution in [1.29, 1.82) is 0 Å². The molecule has 0 saturated heterocycles. The molecule has 0 aromatic rings. The molecule has 0 radical (unpaired) electrons. The maximum atomic E-state index is 2.34. The summed E-state index contributed by atoms with van der Waals surface area (Å²) in [5, 5.41) is 1.57. The highest BCUT2D eigenvalue weighted by molar-refractivity contribution is 6.77. The van der Waals surface area contributed by atoms with Gasteiger partial charge >= 0.3 is 0 Å². The van der Waals surface area contributed by atoms with Crippen molar-refractivity contribution in [2.45, 2.75) is 13.8 Å². The lowest BCUT2D eigenvalue weighted by atomic mass is 10.6. The molecule has 0 unspecified atom stereocenters. The van der Waals surface area contributed by atoms with Gasteiger partial charge in [-0.05, 0) is 13.8 Å². The molecule has 0 N–H and O–H groups in total. The van der Waals surface area contributed by atoms with Crippen LogP contribution in [0.3, 0.4) is 0 Å². The van der Waals surface area contributed by atoms with Crippen LogP contribution in [0.1, 0.15) is 13.8 Å². The third kappa shape index (κ3) is 1.42. The predicted octanol–water partition coefficient (Wildman–Crippen LogP) is 1.92. The van der Waals surface area contributed by atoms with Crippen LogP contribution in [0.2, 0.25) is 0 Å². The number of hydrogen-bond acceptors (Lipinski definition) is 0. The largest absolute Gasteiger partial charge is 0.112 e. The predicted molar refractivity (Wildman–Crippen MR) is 44.9 cm³/mol. The van der Waals surface area contributed by atoms with Crippen LogP contribution < -0.4 is 0 Å². The van der Waals surface area contributed by atoms with Gasteiger partial charge in [-0.25, -0.2) is 0 Å². The van der Waals surface area contributed by atoms with E-state index in [4.69, 9.17) is 0 Å². The topological polar surface area (TPSA) is 0 Å². The summed E-state index contributed by atoms with van der Waals surface area (Å²) in [5.74, 6) is 0. The highest BCUT2D eigenvalue weighted by atomic mass is 28.3. The molecule has 0 saturated carbocycles. The summed E-state index contributed by atoms with van der Waals surface area (Å²) in [6, 6.07) is 0. The second-order valence-electron chi connectivity index (χ2n) is 2.33. The van der Waals surface area contributed by atoms with Crippen LogP contribution in [-0.4, -0.2) is 8.80 Å². The van der Waals surface area contributed by atoms with E-state index in [-0.39, 0.29) is 0 Å². The summed E-state index contributed by atoms with van der Waals surface area (Å²) in [7, 11) is -0.675. The smallest absolute Gasteiger partial charge is 0.0922 e. The van der Waals surface area contributed by atoms with Gasteiger partial charge in [-0.3, -0.25) is 0 Å². The van der Waals surface area contributed by atoms with Gasteiger partial charge in [0, 0.05) is 0 Å². The molecular formula is C8H12Si. The molecule has 1 heteroatoms. The minimum absolute atomic E-state index is 0.675. The molecule has 1 aliphatic rings. The van der Waals surface area contributed by atoms with Crippen LogP contribution in [0.15, 0.2) is 34.8 Å². The first-order chi connectivity index (χ1) is 4.34. The quantitative estimate of drug-likeness (QED) is 0.483. The maximum absolute atomic E-state index is 2.34. The van der Waals surface area contributed by atoms with E-state index in [1.54, 1.807) is 5.20 Å². The minimum atomic E-state index is -0.675. The van der Waals surface area contributed by atoms with E-state index in [0.717, 1.165) is 0 Å². The molecular weight excluding hydrogens is 124 g/mol. The van der Waals surface area contributed by atoms with E-state index in [0.29, 0.717) is 0 Å². The zero-order chi connectivity index (χ0) is 6.69. The zero-order valence-electron chi connectivity index (χ0n) is 5.96. The lowest BCUT2D eigenvalue weighted by Gasteiger charge is -2.00. The molecule has 0 aromatic carbocycles. The van der Waals surface area contributed by atoms with Crippen molar-refractivity contribution in [2.75, 3.05) is 0 Å². The van der Waals surface area contributed by atoms with E-state index in [1.165, 1.54) is 0 Å². The van der Waals surface area contributed by atoms with Gasteiger partial charge in [0.15, 0.2) is 0 Å². The Morgan fingerprint density at radius 3 is 2.33 bits per heavy atom. The lowest BCUT2D eigenvalue weighted by Crippen LogP contribution is -2.04. The molecule has 0 fully saturated rings. The van der Waals surface area contributed by atoms with Crippen LogP contribution in [0.5, 0.6) is 0 Å². The molecule has 0 nitrogen and oxygen atoms in total. The summed E-state index contributed by atoms with van der Waals surface area (Å²) in [6.07, 6.45) is 6.53. The fraction of sp³-hybridized carbons (Fsp3) is 0.250. The Morgan fingerprint density at radius 2 is 1.89 bits per heavy atom. The number of rotatable bonds is 1. The van der Waals surface area contributed by atoms with Crippen molar-refractivity contribution < 1.29 is 0 Å². The second kappa shape index (κ2) is 2.83. The van der Waals surface area contributed by atoms with Crippen molar-refractivity contribution in [1.82, 2.24) is 0 Å². The molecule has 1 rings (SSSR count). The molecule has 9 heavy (non-hydrogen) atoms. The van der Waals surface area contributed by atoms with E-state index >= 15 is 0 Å². The van der Waals surface area contributed by atoms with Gasteiger partial charge in [-0.1, -0.05) is 34.8 Å².